The van der Waals surface area contributed by atoms with E-state index in [9.17, 15) is 4.79 Å². The molecule has 1 aliphatic rings. The summed E-state index contributed by atoms with van der Waals surface area (Å²) in [4.78, 5) is 17.3. The third-order valence-electron chi connectivity index (χ3n) is 4.67. The summed E-state index contributed by atoms with van der Waals surface area (Å²) in [5.41, 5.74) is 0.938. The first-order valence-corrected chi connectivity index (χ1v) is 8.27. The summed E-state index contributed by atoms with van der Waals surface area (Å²) in [6.07, 6.45) is 6.07. The molecule has 0 unspecified atom stereocenters. The molecule has 1 aromatic carbocycles. The Morgan fingerprint density at radius 1 is 1.00 bits per heavy atom. The third kappa shape index (κ3) is 3.82. The van der Waals surface area contributed by atoms with E-state index in [1.54, 1.807) is 18.4 Å². The number of benzene rings is 1. The number of rotatable bonds is 4. The van der Waals surface area contributed by atoms with E-state index in [-0.39, 0.29) is 24.4 Å². The maximum absolute atomic E-state index is 13.1. The zero-order chi connectivity index (χ0) is 16.2. The van der Waals surface area contributed by atoms with Gasteiger partial charge in [-0.3, -0.25) is 4.79 Å². The van der Waals surface area contributed by atoms with Crippen LogP contribution in [0.4, 0.5) is 5.69 Å². The Labute approximate surface area is 149 Å². The molecule has 1 heterocycles. The number of likely N-dealkylation sites (N-methyl/N-ethyl adjacent to an activating group) is 1. The molecule has 5 heteroatoms. The minimum absolute atomic E-state index is 0. The van der Waals surface area contributed by atoms with E-state index >= 15 is 0 Å². The summed E-state index contributed by atoms with van der Waals surface area (Å²) in [6.45, 7) is 0. The van der Waals surface area contributed by atoms with Crippen molar-refractivity contribution in [2.45, 2.75) is 37.8 Å². The number of nitrogens with zero attached hydrogens (tertiary/aromatic N) is 2. The highest BCUT2D eigenvalue weighted by molar-refractivity contribution is 6.04. The van der Waals surface area contributed by atoms with Crippen LogP contribution in [0.25, 0.3) is 0 Å². The van der Waals surface area contributed by atoms with Gasteiger partial charge in [-0.05, 0) is 51.2 Å². The number of amides is 1. The average Bonchev–Trinajstić information content (AvgIpc) is 3.11. The quantitative estimate of drug-likeness (QED) is 0.830. The van der Waals surface area contributed by atoms with Crippen LogP contribution in [0.2, 0.25) is 0 Å². The van der Waals surface area contributed by atoms with Crippen LogP contribution in [0.5, 0.6) is 0 Å². The second-order valence-electron chi connectivity index (χ2n) is 6.37. The largest absolute Gasteiger partial charge is 0.459 e. The van der Waals surface area contributed by atoms with Crippen LogP contribution in [0.15, 0.2) is 53.1 Å². The van der Waals surface area contributed by atoms with Crippen LogP contribution in [0.3, 0.4) is 0 Å². The first kappa shape index (κ1) is 18.6. The summed E-state index contributed by atoms with van der Waals surface area (Å²) in [7, 11) is 4.20. The number of para-hydroxylation sites is 1. The molecule has 1 fully saturated rings. The highest BCUT2D eigenvalue weighted by Gasteiger charge is 2.36. The fourth-order valence-corrected chi connectivity index (χ4v) is 3.56. The van der Waals surface area contributed by atoms with E-state index in [0.29, 0.717) is 11.8 Å². The average molecular weight is 349 g/mol. The molecule has 0 radical (unpaired) electrons. The van der Waals surface area contributed by atoms with Crippen molar-refractivity contribution >= 4 is 24.0 Å². The van der Waals surface area contributed by atoms with Crippen molar-refractivity contribution in [2.75, 3.05) is 19.0 Å². The van der Waals surface area contributed by atoms with E-state index < -0.39 is 0 Å². The molecule has 24 heavy (non-hydrogen) atoms. The molecule has 0 N–H and O–H groups in total. The molecule has 0 saturated heterocycles. The first-order chi connectivity index (χ1) is 11.2. The molecule has 3 rings (SSSR count). The van der Waals surface area contributed by atoms with Gasteiger partial charge in [0, 0.05) is 11.7 Å². The van der Waals surface area contributed by atoms with Crippen molar-refractivity contribution in [1.82, 2.24) is 4.90 Å². The molecule has 0 bridgehead atoms. The number of furan rings is 1. The minimum atomic E-state index is -0.0556. The standard InChI is InChI=1S/C19H24N2O2.ClH/c1-20(2)16-11-6-7-12-17(16)21(15-9-4-3-5-10-15)19(22)18-13-8-14-23-18;/h3-5,8-10,13-14,16-17H,6-7,11-12H2,1-2H3;1H/t16-,17-;/m1./s1. The number of carbonyl (C=O) groups excluding carboxylic acids is 1. The summed E-state index contributed by atoms with van der Waals surface area (Å²) < 4.78 is 5.38. The Hall–Kier alpha value is -1.78. The predicted octanol–water partition coefficient (Wildman–Crippen LogP) is 4.22. The fourth-order valence-electron chi connectivity index (χ4n) is 3.56. The molecular formula is C19H25ClN2O2. The maximum atomic E-state index is 13.1. The van der Waals surface area contributed by atoms with Gasteiger partial charge in [-0.2, -0.15) is 0 Å². The van der Waals surface area contributed by atoms with Crippen LogP contribution >= 0.6 is 12.4 Å². The van der Waals surface area contributed by atoms with Gasteiger partial charge in [0.15, 0.2) is 5.76 Å². The molecular weight excluding hydrogens is 324 g/mol. The zero-order valence-corrected chi connectivity index (χ0v) is 15.0. The Morgan fingerprint density at radius 3 is 2.25 bits per heavy atom. The molecule has 1 aliphatic carbocycles. The monoisotopic (exact) mass is 348 g/mol. The normalized spacial score (nSPS) is 20.5. The second-order valence-corrected chi connectivity index (χ2v) is 6.37. The number of hydrogen-bond donors (Lipinski definition) is 0. The molecule has 1 saturated carbocycles. The highest BCUT2D eigenvalue weighted by Crippen LogP contribution is 2.31. The van der Waals surface area contributed by atoms with Crippen molar-refractivity contribution in [3.63, 3.8) is 0 Å². The van der Waals surface area contributed by atoms with Crippen LogP contribution in [0.1, 0.15) is 36.2 Å². The van der Waals surface area contributed by atoms with Gasteiger partial charge in [0.25, 0.3) is 5.91 Å². The predicted molar refractivity (Wildman–Crippen MR) is 98.9 cm³/mol. The molecule has 4 nitrogen and oxygen atoms in total. The van der Waals surface area contributed by atoms with E-state index in [4.69, 9.17) is 4.42 Å². The van der Waals surface area contributed by atoms with Gasteiger partial charge in [-0.25, -0.2) is 0 Å². The lowest BCUT2D eigenvalue weighted by Crippen LogP contribution is -2.53. The van der Waals surface area contributed by atoms with Gasteiger partial charge in [0.05, 0.1) is 12.3 Å². The van der Waals surface area contributed by atoms with Gasteiger partial charge >= 0.3 is 0 Å². The SMILES string of the molecule is CN(C)[C@@H]1CCCC[C@H]1N(C(=O)c1ccco1)c1ccccc1.Cl. The van der Waals surface area contributed by atoms with Gasteiger partial charge < -0.3 is 14.2 Å². The molecule has 1 aromatic heterocycles. The number of hydrogen-bond acceptors (Lipinski definition) is 3. The summed E-state index contributed by atoms with van der Waals surface area (Å²) >= 11 is 0. The second kappa shape index (κ2) is 8.36. The zero-order valence-electron chi connectivity index (χ0n) is 14.2. The number of carbonyl (C=O) groups is 1. The maximum Gasteiger partial charge on any atom is 0.294 e. The van der Waals surface area contributed by atoms with Crippen molar-refractivity contribution in [3.05, 3.63) is 54.5 Å². The molecule has 2 atom stereocenters. The van der Waals surface area contributed by atoms with Gasteiger partial charge in [-0.15, -0.1) is 12.4 Å². The van der Waals surface area contributed by atoms with Crippen LogP contribution < -0.4 is 4.90 Å². The fraction of sp³-hybridized carbons (Fsp3) is 0.421. The van der Waals surface area contributed by atoms with E-state index in [1.165, 1.54) is 6.42 Å². The van der Waals surface area contributed by atoms with Crippen LogP contribution in [-0.4, -0.2) is 37.0 Å². The van der Waals surface area contributed by atoms with Crippen molar-refractivity contribution in [3.8, 4) is 0 Å². The lowest BCUT2D eigenvalue weighted by molar-refractivity contribution is 0.0916. The molecule has 2 aromatic rings. The minimum Gasteiger partial charge on any atom is -0.459 e. The third-order valence-corrected chi connectivity index (χ3v) is 4.67. The Kier molecular flexibility index (Phi) is 6.46. The van der Waals surface area contributed by atoms with Crippen molar-refractivity contribution < 1.29 is 9.21 Å². The van der Waals surface area contributed by atoms with Crippen LogP contribution in [-0.2, 0) is 0 Å². The Bertz CT molecular complexity index is 628. The van der Waals surface area contributed by atoms with Crippen molar-refractivity contribution in [1.29, 1.82) is 0 Å². The molecule has 1 amide bonds. The van der Waals surface area contributed by atoms with E-state index in [0.717, 1.165) is 24.9 Å². The summed E-state index contributed by atoms with van der Waals surface area (Å²) in [5, 5.41) is 0. The van der Waals surface area contributed by atoms with Gasteiger partial charge in [0.2, 0.25) is 0 Å². The van der Waals surface area contributed by atoms with E-state index in [1.807, 2.05) is 35.2 Å². The molecule has 0 aliphatic heterocycles. The smallest absolute Gasteiger partial charge is 0.294 e. The first-order valence-electron chi connectivity index (χ1n) is 8.27. The summed E-state index contributed by atoms with van der Waals surface area (Å²) in [6, 6.07) is 14.0. The molecule has 0 spiro atoms. The van der Waals surface area contributed by atoms with Crippen molar-refractivity contribution in [2.24, 2.45) is 0 Å². The lowest BCUT2D eigenvalue weighted by Gasteiger charge is -2.42. The van der Waals surface area contributed by atoms with Gasteiger partial charge in [-0.1, -0.05) is 31.0 Å². The number of halogens is 1. The lowest BCUT2D eigenvalue weighted by atomic mass is 9.88. The topological polar surface area (TPSA) is 36.7 Å². The molecule has 130 valence electrons. The van der Waals surface area contributed by atoms with Crippen LogP contribution in [0, 0.1) is 0 Å². The summed E-state index contributed by atoms with van der Waals surface area (Å²) in [5.74, 6) is 0.344. The Balaban J connectivity index is 0.00000208. The highest BCUT2D eigenvalue weighted by atomic mass is 35.5. The number of anilines is 1. The Morgan fingerprint density at radius 2 is 1.67 bits per heavy atom. The van der Waals surface area contributed by atoms with E-state index in [2.05, 4.69) is 19.0 Å². The van der Waals surface area contributed by atoms with Gasteiger partial charge in [0.1, 0.15) is 0 Å².